The predicted octanol–water partition coefficient (Wildman–Crippen LogP) is 5.04. The third kappa shape index (κ3) is 6.02. The van der Waals surface area contributed by atoms with E-state index in [1.54, 1.807) is 0 Å². The van der Waals surface area contributed by atoms with Crippen molar-refractivity contribution in [1.82, 2.24) is 0 Å². The van der Waals surface area contributed by atoms with E-state index in [1.807, 2.05) is 0 Å². The van der Waals surface area contributed by atoms with E-state index in [2.05, 4.69) is 79.4 Å². The van der Waals surface area contributed by atoms with E-state index < -0.39 is 11.9 Å². The third-order valence-corrected chi connectivity index (χ3v) is 5.43. The van der Waals surface area contributed by atoms with Gasteiger partial charge >= 0.3 is 63.3 Å². The van der Waals surface area contributed by atoms with E-state index in [0.717, 1.165) is 11.0 Å². The Bertz CT molecular complexity index is 1440. The van der Waals surface area contributed by atoms with E-state index in [9.17, 15) is 9.59 Å². The summed E-state index contributed by atoms with van der Waals surface area (Å²) in [6, 6.07) is 28.8. The first-order valence-corrected chi connectivity index (χ1v) is 9.98. The Balaban J connectivity index is 0.000000243. The summed E-state index contributed by atoms with van der Waals surface area (Å²) < 4.78 is 0. The van der Waals surface area contributed by atoms with Crippen molar-refractivity contribution in [2.24, 2.45) is 0 Å². The number of fused-ring (bicyclic) bond motifs is 4. The van der Waals surface area contributed by atoms with Crippen LogP contribution in [0.15, 0.2) is 95.9 Å². The maximum absolute atomic E-state index is 10.4. The van der Waals surface area contributed by atoms with E-state index >= 15 is 0 Å². The second-order valence-electron chi connectivity index (χ2n) is 7.05. The number of thiol groups is 1. The summed E-state index contributed by atoms with van der Waals surface area (Å²) in [4.78, 5) is 21.8. The average Bonchev–Trinajstić information content (AvgIpc) is 2.78. The first kappa shape index (κ1) is 27.0. The van der Waals surface area contributed by atoms with Crippen molar-refractivity contribution < 1.29 is 25.3 Å². The van der Waals surface area contributed by atoms with Crippen LogP contribution in [0.25, 0.3) is 32.3 Å². The Kier molecular flexibility index (Phi) is 9.63. The van der Waals surface area contributed by atoms with Crippen LogP contribution in [0.5, 0.6) is 0 Å². The number of carboxylic acid groups (broad SMARTS) is 2. The van der Waals surface area contributed by atoms with Gasteiger partial charge in [0.25, 0.3) is 0 Å². The molecule has 0 unspecified atom stereocenters. The van der Waals surface area contributed by atoms with Crippen molar-refractivity contribution in [3.05, 3.63) is 102 Å². The van der Waals surface area contributed by atoms with Gasteiger partial charge in [-0.1, -0.05) is 54.6 Å². The summed E-state index contributed by atoms with van der Waals surface area (Å²) in [5.41, 5.74) is -0.0372. The van der Waals surface area contributed by atoms with Crippen molar-refractivity contribution in [2.45, 2.75) is 4.90 Å². The van der Waals surface area contributed by atoms with Crippen LogP contribution >= 0.6 is 12.6 Å². The Morgan fingerprint density at radius 3 is 1.73 bits per heavy atom. The third-order valence-electron chi connectivity index (χ3n) is 5.06. The number of carbonyl (C=O) groups is 2. The molecule has 4 N–H and O–H groups in total. The Labute approximate surface area is 238 Å². The molecule has 5 aromatic carbocycles. The van der Waals surface area contributed by atoms with Crippen LogP contribution in [0.4, 0.5) is 0 Å². The maximum atomic E-state index is 10.4. The molecule has 5 rings (SSSR count). The first-order chi connectivity index (χ1) is 14.9. The standard InChI is InChI=1S/C18H12S.C8H6O4.K.H2O.H/c19-17-7-3-6-12-8-9-15-10-13-4-1-2-5-14(13)11-16(15)18(12)17;9-7(10)5-2-1-3-6(4-5)8(11)12;;;/h1-11,19H;1-4H,(H,9,10)(H,11,12);;1H2;. The molecule has 0 heterocycles. The quantitative estimate of drug-likeness (QED) is 0.141. The summed E-state index contributed by atoms with van der Waals surface area (Å²) in [7, 11) is 0. The minimum atomic E-state index is -1.13. The van der Waals surface area contributed by atoms with Crippen molar-refractivity contribution in [2.75, 3.05) is 0 Å². The molecule has 0 aromatic heterocycles. The fourth-order valence-electron chi connectivity index (χ4n) is 3.57. The van der Waals surface area contributed by atoms with Crippen LogP contribution in [0.3, 0.4) is 0 Å². The molecular weight excluding hydrogens is 463 g/mol. The molecule has 0 aliphatic heterocycles. The molecule has 0 saturated carbocycles. The monoisotopic (exact) mass is 484 g/mol. The van der Waals surface area contributed by atoms with Crippen LogP contribution in [0, 0.1) is 0 Å². The van der Waals surface area contributed by atoms with E-state index in [0.29, 0.717) is 0 Å². The van der Waals surface area contributed by atoms with Crippen molar-refractivity contribution in [3.63, 3.8) is 0 Å². The van der Waals surface area contributed by atoms with Gasteiger partial charge in [0.2, 0.25) is 0 Å². The normalized spacial score (nSPS) is 9.97. The minimum absolute atomic E-state index is 0. The molecule has 162 valence electrons. The van der Waals surface area contributed by atoms with Gasteiger partial charge in [0.05, 0.1) is 11.1 Å². The summed E-state index contributed by atoms with van der Waals surface area (Å²) >= 11 is 4.62. The molecule has 7 heteroatoms. The molecule has 5 nitrogen and oxygen atoms in total. The van der Waals surface area contributed by atoms with Gasteiger partial charge in [-0.25, -0.2) is 9.59 Å². The van der Waals surface area contributed by atoms with Gasteiger partial charge in [-0.15, -0.1) is 12.6 Å². The number of aromatic carboxylic acids is 2. The molecular formula is C26H21KO5S. The van der Waals surface area contributed by atoms with Crippen LogP contribution in [-0.4, -0.2) is 79.0 Å². The first-order valence-electron chi connectivity index (χ1n) is 9.54. The van der Waals surface area contributed by atoms with Crippen molar-refractivity contribution >= 4 is 108 Å². The molecule has 0 bridgehead atoms. The fraction of sp³-hybridized carbons (Fsp3) is 0. The summed E-state index contributed by atoms with van der Waals surface area (Å²) in [5.74, 6) is -2.25. The topological polar surface area (TPSA) is 106 Å². The van der Waals surface area contributed by atoms with E-state index in [-0.39, 0.29) is 68.0 Å². The van der Waals surface area contributed by atoms with Gasteiger partial charge in [0, 0.05) is 10.3 Å². The van der Waals surface area contributed by atoms with E-state index in [4.69, 9.17) is 10.2 Å². The number of hydrogen-bond donors (Lipinski definition) is 3. The number of hydrogen-bond acceptors (Lipinski definition) is 3. The summed E-state index contributed by atoms with van der Waals surface area (Å²) in [6.07, 6.45) is 0. The van der Waals surface area contributed by atoms with Crippen LogP contribution in [-0.2, 0) is 0 Å². The fourth-order valence-corrected chi connectivity index (χ4v) is 3.90. The van der Waals surface area contributed by atoms with Crippen molar-refractivity contribution in [3.8, 4) is 0 Å². The van der Waals surface area contributed by atoms with Gasteiger partial charge in [0.1, 0.15) is 0 Å². The number of rotatable bonds is 2. The second kappa shape index (κ2) is 11.8. The number of carboxylic acids is 2. The molecule has 33 heavy (non-hydrogen) atoms. The Morgan fingerprint density at radius 1 is 0.606 bits per heavy atom. The molecule has 0 saturated heterocycles. The molecule has 0 amide bonds. The zero-order chi connectivity index (χ0) is 22.0. The van der Waals surface area contributed by atoms with Crippen LogP contribution < -0.4 is 0 Å². The van der Waals surface area contributed by atoms with Crippen LogP contribution in [0.1, 0.15) is 20.7 Å². The SMILES string of the molecule is O.O=C(O)c1cccc(C(=O)O)c1.Sc1cccc2ccc3cc4ccccc4cc3c12.[KH]. The predicted molar refractivity (Wildman–Crippen MR) is 137 cm³/mol. The molecule has 0 fully saturated rings. The van der Waals surface area contributed by atoms with Gasteiger partial charge in [-0.3, -0.25) is 0 Å². The molecule has 0 spiro atoms. The molecule has 0 aliphatic rings. The molecule has 0 atom stereocenters. The number of benzene rings is 5. The molecule has 5 aromatic rings. The Morgan fingerprint density at radius 2 is 1.12 bits per heavy atom. The summed E-state index contributed by atoms with van der Waals surface area (Å²) in [6.45, 7) is 0. The van der Waals surface area contributed by atoms with Gasteiger partial charge < -0.3 is 15.7 Å². The van der Waals surface area contributed by atoms with Gasteiger partial charge in [-0.05, 0) is 63.3 Å². The zero-order valence-electron chi connectivity index (χ0n) is 16.8. The second-order valence-corrected chi connectivity index (χ2v) is 7.53. The average molecular weight is 485 g/mol. The van der Waals surface area contributed by atoms with E-state index in [1.165, 1.54) is 50.5 Å². The van der Waals surface area contributed by atoms with Crippen LogP contribution in [0.2, 0.25) is 0 Å². The Hall–Kier alpha value is -2.23. The molecule has 0 aliphatic carbocycles. The zero-order valence-corrected chi connectivity index (χ0v) is 17.7. The van der Waals surface area contributed by atoms with Gasteiger partial charge in [0.15, 0.2) is 0 Å². The van der Waals surface area contributed by atoms with Gasteiger partial charge in [-0.2, -0.15) is 0 Å². The summed E-state index contributed by atoms with van der Waals surface area (Å²) in [5, 5.41) is 24.6. The van der Waals surface area contributed by atoms with Crippen molar-refractivity contribution in [1.29, 1.82) is 0 Å². The molecule has 0 radical (unpaired) electrons.